The molecule has 0 saturated heterocycles. The maximum atomic E-state index is 11.3. The molecule has 0 amide bonds. The number of carbonyl (C=O) groups is 1. The highest BCUT2D eigenvalue weighted by molar-refractivity contribution is 5.89. The number of nitrogen functional groups attached to an aromatic ring is 1. The summed E-state index contributed by atoms with van der Waals surface area (Å²) in [5, 5.41) is 0. The Bertz CT molecular complexity index is 570. The van der Waals surface area contributed by atoms with Gasteiger partial charge in [-0.15, -0.1) is 0 Å². The van der Waals surface area contributed by atoms with Gasteiger partial charge in [-0.3, -0.25) is 0 Å². The Labute approximate surface area is 104 Å². The first kappa shape index (κ1) is 11.9. The van der Waals surface area contributed by atoms with Crippen LogP contribution in [-0.2, 0) is 4.74 Å². The van der Waals surface area contributed by atoms with Crippen molar-refractivity contribution in [3.63, 3.8) is 0 Å². The number of methoxy groups -OCH3 is 1. The molecule has 1 aromatic carbocycles. The van der Waals surface area contributed by atoms with E-state index < -0.39 is 5.97 Å². The number of rotatable bonds is 3. The molecule has 2 rings (SSSR count). The van der Waals surface area contributed by atoms with Crippen LogP contribution in [0.4, 0.5) is 5.69 Å². The first-order valence-electron chi connectivity index (χ1n) is 5.27. The van der Waals surface area contributed by atoms with Crippen LogP contribution in [0, 0.1) is 0 Å². The summed E-state index contributed by atoms with van der Waals surface area (Å²) in [6.45, 7) is 0. The highest BCUT2D eigenvalue weighted by atomic mass is 16.5. The molecular weight excluding hydrogens is 232 g/mol. The summed E-state index contributed by atoms with van der Waals surface area (Å²) >= 11 is 0. The molecule has 18 heavy (non-hydrogen) atoms. The van der Waals surface area contributed by atoms with Gasteiger partial charge < -0.3 is 15.2 Å². The monoisotopic (exact) mass is 244 g/mol. The molecule has 0 spiro atoms. The standard InChI is InChI=1S/C13H12N2O3/c1-17-13(16)9-5-6-15-12(7-9)18-11-4-2-3-10(14)8-11/h2-8H,14H2,1H3. The zero-order chi connectivity index (χ0) is 13.0. The maximum absolute atomic E-state index is 11.3. The minimum absolute atomic E-state index is 0.309. The number of hydrogen-bond donors (Lipinski definition) is 1. The molecule has 0 saturated carbocycles. The molecule has 5 nitrogen and oxygen atoms in total. The summed E-state index contributed by atoms with van der Waals surface area (Å²) in [6, 6.07) is 10.0. The second-order valence-electron chi connectivity index (χ2n) is 3.55. The van der Waals surface area contributed by atoms with Gasteiger partial charge in [-0.1, -0.05) is 6.07 Å². The zero-order valence-corrected chi connectivity index (χ0v) is 9.79. The third kappa shape index (κ3) is 2.76. The molecule has 1 aromatic heterocycles. The first-order chi connectivity index (χ1) is 8.69. The fourth-order valence-corrected chi connectivity index (χ4v) is 1.41. The van der Waals surface area contributed by atoms with Crippen LogP contribution < -0.4 is 10.5 Å². The number of ether oxygens (including phenoxy) is 2. The number of carbonyl (C=O) groups excluding carboxylic acids is 1. The van der Waals surface area contributed by atoms with Crippen molar-refractivity contribution in [3.05, 3.63) is 48.2 Å². The lowest BCUT2D eigenvalue weighted by Gasteiger charge is -2.06. The molecule has 0 bridgehead atoms. The third-order valence-corrected chi connectivity index (χ3v) is 2.24. The minimum Gasteiger partial charge on any atom is -0.465 e. The molecule has 0 atom stereocenters. The number of anilines is 1. The predicted molar refractivity (Wildman–Crippen MR) is 66.5 cm³/mol. The molecule has 0 fully saturated rings. The highest BCUT2D eigenvalue weighted by Gasteiger charge is 2.07. The highest BCUT2D eigenvalue weighted by Crippen LogP contribution is 2.21. The average molecular weight is 244 g/mol. The number of nitrogens with zero attached hydrogens (tertiary/aromatic N) is 1. The molecular formula is C13H12N2O3. The number of benzene rings is 1. The second-order valence-corrected chi connectivity index (χ2v) is 3.55. The number of hydrogen-bond acceptors (Lipinski definition) is 5. The quantitative estimate of drug-likeness (QED) is 0.662. The van der Waals surface area contributed by atoms with Crippen LogP contribution in [0.25, 0.3) is 0 Å². The first-order valence-corrected chi connectivity index (χ1v) is 5.27. The molecule has 0 aliphatic carbocycles. The molecule has 0 radical (unpaired) electrons. The normalized spacial score (nSPS) is 9.83. The van der Waals surface area contributed by atoms with Crippen molar-refractivity contribution in [2.24, 2.45) is 0 Å². The number of aromatic nitrogens is 1. The van der Waals surface area contributed by atoms with Gasteiger partial charge in [0.05, 0.1) is 12.7 Å². The van der Waals surface area contributed by atoms with Crippen LogP contribution >= 0.6 is 0 Å². The van der Waals surface area contributed by atoms with Gasteiger partial charge >= 0.3 is 5.97 Å². The number of pyridine rings is 1. The lowest BCUT2D eigenvalue weighted by molar-refractivity contribution is 0.0600. The smallest absolute Gasteiger partial charge is 0.338 e. The van der Waals surface area contributed by atoms with Gasteiger partial charge in [0.2, 0.25) is 5.88 Å². The van der Waals surface area contributed by atoms with Gasteiger partial charge in [0.15, 0.2) is 0 Å². The lowest BCUT2D eigenvalue weighted by atomic mass is 10.2. The van der Waals surface area contributed by atoms with Gasteiger partial charge in [-0.05, 0) is 18.2 Å². The molecule has 5 heteroatoms. The third-order valence-electron chi connectivity index (χ3n) is 2.24. The van der Waals surface area contributed by atoms with E-state index in [4.69, 9.17) is 10.5 Å². The van der Waals surface area contributed by atoms with E-state index in [1.54, 1.807) is 30.3 Å². The van der Waals surface area contributed by atoms with Gasteiger partial charge in [0, 0.05) is 24.0 Å². The summed E-state index contributed by atoms with van der Waals surface area (Å²) in [7, 11) is 1.32. The largest absolute Gasteiger partial charge is 0.465 e. The summed E-state index contributed by atoms with van der Waals surface area (Å²) in [5.74, 6) is 0.433. The lowest BCUT2D eigenvalue weighted by Crippen LogP contribution is -2.01. The Balaban J connectivity index is 2.22. The van der Waals surface area contributed by atoms with E-state index >= 15 is 0 Å². The van der Waals surface area contributed by atoms with E-state index in [9.17, 15) is 4.79 Å². The fourth-order valence-electron chi connectivity index (χ4n) is 1.41. The van der Waals surface area contributed by atoms with Crippen LogP contribution in [0.1, 0.15) is 10.4 Å². The van der Waals surface area contributed by atoms with Crippen LogP contribution in [0.15, 0.2) is 42.6 Å². The van der Waals surface area contributed by atoms with Gasteiger partial charge in [0.25, 0.3) is 0 Å². The Kier molecular flexibility index (Phi) is 3.43. The minimum atomic E-state index is -0.435. The van der Waals surface area contributed by atoms with Crippen LogP contribution in [-0.4, -0.2) is 18.1 Å². The summed E-state index contributed by atoms with van der Waals surface area (Å²) in [6.07, 6.45) is 1.48. The number of nitrogens with two attached hydrogens (primary N) is 1. The topological polar surface area (TPSA) is 74.4 Å². The van der Waals surface area contributed by atoms with Gasteiger partial charge in [-0.2, -0.15) is 0 Å². The van der Waals surface area contributed by atoms with Gasteiger partial charge in [-0.25, -0.2) is 9.78 Å². The number of esters is 1. The van der Waals surface area contributed by atoms with Crippen molar-refractivity contribution < 1.29 is 14.3 Å². The molecule has 0 unspecified atom stereocenters. The second kappa shape index (κ2) is 5.18. The molecule has 2 aromatic rings. The van der Waals surface area contributed by atoms with Crippen LogP contribution in [0.2, 0.25) is 0 Å². The van der Waals surface area contributed by atoms with Gasteiger partial charge in [0.1, 0.15) is 5.75 Å². The van der Waals surface area contributed by atoms with Crippen LogP contribution in [0.3, 0.4) is 0 Å². The van der Waals surface area contributed by atoms with E-state index in [0.29, 0.717) is 22.9 Å². The van der Waals surface area contributed by atoms with Crippen LogP contribution in [0.5, 0.6) is 11.6 Å². The molecule has 0 aliphatic rings. The summed E-state index contributed by atoms with van der Waals surface area (Å²) < 4.78 is 10.1. The van der Waals surface area contributed by atoms with E-state index in [0.717, 1.165) is 0 Å². The fraction of sp³-hybridized carbons (Fsp3) is 0.0769. The SMILES string of the molecule is COC(=O)c1ccnc(Oc2cccc(N)c2)c1. The van der Waals surface area contributed by atoms with E-state index in [-0.39, 0.29) is 0 Å². The Morgan fingerprint density at radius 1 is 1.28 bits per heavy atom. The van der Waals surface area contributed by atoms with Crippen molar-refractivity contribution in [2.45, 2.75) is 0 Å². The molecule has 1 heterocycles. The average Bonchev–Trinajstić information content (AvgIpc) is 2.38. The van der Waals surface area contributed by atoms with Crippen molar-refractivity contribution >= 4 is 11.7 Å². The van der Waals surface area contributed by atoms with E-state index in [1.165, 1.54) is 19.4 Å². The predicted octanol–water partition coefficient (Wildman–Crippen LogP) is 2.24. The Morgan fingerprint density at radius 3 is 2.83 bits per heavy atom. The van der Waals surface area contributed by atoms with E-state index in [1.807, 2.05) is 0 Å². The summed E-state index contributed by atoms with van der Waals surface area (Å²) in [4.78, 5) is 15.4. The summed E-state index contributed by atoms with van der Waals surface area (Å²) in [5.41, 5.74) is 6.61. The molecule has 2 N–H and O–H groups in total. The molecule has 0 aliphatic heterocycles. The maximum Gasteiger partial charge on any atom is 0.338 e. The van der Waals surface area contributed by atoms with Crippen molar-refractivity contribution in [2.75, 3.05) is 12.8 Å². The zero-order valence-electron chi connectivity index (χ0n) is 9.79. The van der Waals surface area contributed by atoms with Crippen molar-refractivity contribution in [1.82, 2.24) is 4.98 Å². The Morgan fingerprint density at radius 2 is 2.11 bits per heavy atom. The Hall–Kier alpha value is -2.56. The van der Waals surface area contributed by atoms with Crippen molar-refractivity contribution in [1.29, 1.82) is 0 Å². The van der Waals surface area contributed by atoms with Crippen molar-refractivity contribution in [3.8, 4) is 11.6 Å². The molecule has 92 valence electrons. The van der Waals surface area contributed by atoms with E-state index in [2.05, 4.69) is 9.72 Å².